The van der Waals surface area contributed by atoms with E-state index in [0.29, 0.717) is 28.8 Å². The van der Waals surface area contributed by atoms with Gasteiger partial charge in [-0.05, 0) is 61.0 Å². The van der Waals surface area contributed by atoms with Gasteiger partial charge in [0.2, 0.25) is 0 Å². The minimum absolute atomic E-state index is 0.125. The molecule has 29 heavy (non-hydrogen) atoms. The molecule has 0 unspecified atom stereocenters. The van der Waals surface area contributed by atoms with Gasteiger partial charge in [0, 0.05) is 22.9 Å². The summed E-state index contributed by atoms with van der Waals surface area (Å²) in [6, 6.07) is 20.8. The first-order chi connectivity index (χ1) is 14.0. The molecule has 150 valence electrons. The van der Waals surface area contributed by atoms with Gasteiger partial charge in [-0.2, -0.15) is 0 Å². The zero-order valence-electron chi connectivity index (χ0n) is 16.4. The van der Waals surface area contributed by atoms with Crippen molar-refractivity contribution in [3.63, 3.8) is 0 Å². The lowest BCUT2D eigenvalue weighted by atomic mass is 10.2. The molecule has 0 heterocycles. The number of nitrogens with one attached hydrogen (secondary N) is 2. The average molecular weight is 411 g/mol. The molecule has 0 aliphatic carbocycles. The van der Waals surface area contributed by atoms with Gasteiger partial charge >= 0.3 is 0 Å². The van der Waals surface area contributed by atoms with Crippen molar-refractivity contribution >= 4 is 28.9 Å². The summed E-state index contributed by atoms with van der Waals surface area (Å²) in [5.74, 6) is 0.824. The normalized spacial score (nSPS) is 10.3. The Hall–Kier alpha value is -3.18. The number of amides is 1. The van der Waals surface area contributed by atoms with E-state index in [-0.39, 0.29) is 12.5 Å². The number of benzene rings is 3. The molecule has 3 aromatic rings. The Morgan fingerprint density at radius 1 is 0.931 bits per heavy atom. The van der Waals surface area contributed by atoms with Crippen LogP contribution in [0.2, 0.25) is 5.02 Å². The predicted molar refractivity (Wildman–Crippen MR) is 117 cm³/mol. The maximum atomic E-state index is 12.1. The summed E-state index contributed by atoms with van der Waals surface area (Å²) in [4.78, 5) is 12.1. The number of methoxy groups -OCH3 is 1. The molecule has 5 nitrogen and oxygen atoms in total. The van der Waals surface area contributed by atoms with E-state index in [1.807, 2.05) is 24.3 Å². The Morgan fingerprint density at radius 2 is 1.62 bits per heavy atom. The molecule has 3 aromatic carbocycles. The number of carbonyl (C=O) groups is 1. The largest absolute Gasteiger partial charge is 0.493 e. The van der Waals surface area contributed by atoms with Gasteiger partial charge in [-0.3, -0.25) is 4.79 Å². The van der Waals surface area contributed by atoms with Crippen LogP contribution in [0.25, 0.3) is 0 Å². The molecule has 0 radical (unpaired) electrons. The minimum Gasteiger partial charge on any atom is -0.493 e. The molecular formula is C23H23ClN2O3. The lowest BCUT2D eigenvalue weighted by Gasteiger charge is -2.13. The van der Waals surface area contributed by atoms with Crippen LogP contribution in [-0.4, -0.2) is 19.6 Å². The van der Waals surface area contributed by atoms with Crippen LogP contribution in [0.1, 0.15) is 11.1 Å². The molecule has 0 saturated carbocycles. The van der Waals surface area contributed by atoms with E-state index in [4.69, 9.17) is 21.1 Å². The van der Waals surface area contributed by atoms with Crippen LogP contribution < -0.4 is 20.1 Å². The fourth-order valence-corrected chi connectivity index (χ4v) is 2.82. The molecule has 0 spiro atoms. The highest BCUT2D eigenvalue weighted by atomic mass is 35.5. The van der Waals surface area contributed by atoms with E-state index in [9.17, 15) is 4.79 Å². The summed E-state index contributed by atoms with van der Waals surface area (Å²) in [6.07, 6.45) is 0. The first-order valence-electron chi connectivity index (χ1n) is 9.19. The van der Waals surface area contributed by atoms with Crippen molar-refractivity contribution in [1.29, 1.82) is 0 Å². The number of ether oxygens (including phenoxy) is 2. The van der Waals surface area contributed by atoms with Crippen LogP contribution in [0.3, 0.4) is 0 Å². The van der Waals surface area contributed by atoms with E-state index >= 15 is 0 Å². The van der Waals surface area contributed by atoms with Crippen LogP contribution in [0.4, 0.5) is 11.4 Å². The average Bonchev–Trinajstić information content (AvgIpc) is 2.73. The SMILES string of the molecule is COc1cc(CNc2ccc(C)cc2)ccc1OCC(=O)Nc1ccc(Cl)cc1. The van der Waals surface area contributed by atoms with Crippen molar-refractivity contribution in [3.8, 4) is 11.5 Å². The van der Waals surface area contributed by atoms with Gasteiger partial charge in [-0.25, -0.2) is 0 Å². The molecular weight excluding hydrogens is 388 g/mol. The standard InChI is InChI=1S/C23H23ClN2O3/c1-16-3-8-19(9-4-16)25-14-17-5-12-21(22(13-17)28-2)29-15-23(27)26-20-10-6-18(24)7-11-20/h3-13,25H,14-15H2,1-2H3,(H,26,27). The molecule has 0 bridgehead atoms. The second-order valence-electron chi connectivity index (χ2n) is 6.55. The van der Waals surface area contributed by atoms with Crippen molar-refractivity contribution in [3.05, 3.63) is 82.9 Å². The number of aryl methyl sites for hydroxylation is 1. The van der Waals surface area contributed by atoms with E-state index in [0.717, 1.165) is 11.3 Å². The molecule has 0 atom stereocenters. The van der Waals surface area contributed by atoms with Gasteiger partial charge in [-0.15, -0.1) is 0 Å². The van der Waals surface area contributed by atoms with Gasteiger partial charge in [0.1, 0.15) is 0 Å². The Kier molecular flexibility index (Phi) is 6.98. The van der Waals surface area contributed by atoms with Crippen LogP contribution in [0.5, 0.6) is 11.5 Å². The second-order valence-corrected chi connectivity index (χ2v) is 6.98. The van der Waals surface area contributed by atoms with Gasteiger partial charge < -0.3 is 20.1 Å². The van der Waals surface area contributed by atoms with Crippen LogP contribution in [-0.2, 0) is 11.3 Å². The third-order valence-corrected chi connectivity index (χ3v) is 4.51. The van der Waals surface area contributed by atoms with Gasteiger partial charge in [0.25, 0.3) is 5.91 Å². The zero-order valence-corrected chi connectivity index (χ0v) is 17.1. The highest BCUT2D eigenvalue weighted by Gasteiger charge is 2.09. The maximum absolute atomic E-state index is 12.1. The molecule has 0 aromatic heterocycles. The number of hydrogen-bond acceptors (Lipinski definition) is 4. The lowest BCUT2D eigenvalue weighted by molar-refractivity contribution is -0.118. The van der Waals surface area contributed by atoms with E-state index in [1.54, 1.807) is 37.4 Å². The molecule has 0 saturated heterocycles. The Labute approximate surface area is 175 Å². The zero-order chi connectivity index (χ0) is 20.6. The van der Waals surface area contributed by atoms with Crippen molar-refractivity contribution in [2.24, 2.45) is 0 Å². The molecule has 1 amide bonds. The number of carbonyl (C=O) groups excluding carboxylic acids is 1. The Bertz CT molecular complexity index is 957. The monoisotopic (exact) mass is 410 g/mol. The van der Waals surface area contributed by atoms with E-state index in [2.05, 4.69) is 29.7 Å². The Balaban J connectivity index is 1.55. The number of rotatable bonds is 8. The summed E-state index contributed by atoms with van der Waals surface area (Å²) < 4.78 is 11.1. The lowest BCUT2D eigenvalue weighted by Crippen LogP contribution is -2.20. The van der Waals surface area contributed by atoms with Crippen molar-refractivity contribution < 1.29 is 14.3 Å². The predicted octanol–water partition coefficient (Wildman–Crippen LogP) is 5.29. The van der Waals surface area contributed by atoms with Gasteiger partial charge in [-0.1, -0.05) is 35.4 Å². The minimum atomic E-state index is -0.264. The van der Waals surface area contributed by atoms with E-state index < -0.39 is 0 Å². The third-order valence-electron chi connectivity index (χ3n) is 4.26. The first kappa shape index (κ1) is 20.6. The smallest absolute Gasteiger partial charge is 0.262 e. The summed E-state index contributed by atoms with van der Waals surface area (Å²) >= 11 is 5.84. The molecule has 6 heteroatoms. The quantitative estimate of drug-likeness (QED) is 0.530. The summed E-state index contributed by atoms with van der Waals surface area (Å²) in [7, 11) is 1.58. The molecule has 3 rings (SSSR count). The number of hydrogen-bond donors (Lipinski definition) is 2. The maximum Gasteiger partial charge on any atom is 0.262 e. The fourth-order valence-electron chi connectivity index (χ4n) is 2.69. The van der Waals surface area contributed by atoms with Crippen molar-refractivity contribution in [2.75, 3.05) is 24.4 Å². The molecule has 0 fully saturated rings. The molecule has 2 N–H and O–H groups in total. The summed E-state index contributed by atoms with van der Waals surface area (Å²) in [5.41, 5.74) is 3.97. The van der Waals surface area contributed by atoms with Gasteiger partial charge in [0.05, 0.1) is 7.11 Å². The van der Waals surface area contributed by atoms with Gasteiger partial charge in [0.15, 0.2) is 18.1 Å². The summed E-state index contributed by atoms with van der Waals surface area (Å²) in [6.45, 7) is 2.58. The molecule has 0 aliphatic rings. The van der Waals surface area contributed by atoms with Crippen molar-refractivity contribution in [2.45, 2.75) is 13.5 Å². The topological polar surface area (TPSA) is 59.6 Å². The number of halogens is 1. The van der Waals surface area contributed by atoms with Crippen LogP contribution in [0.15, 0.2) is 66.7 Å². The second kappa shape index (κ2) is 9.85. The highest BCUT2D eigenvalue weighted by molar-refractivity contribution is 6.30. The Morgan fingerprint density at radius 3 is 2.31 bits per heavy atom. The number of anilines is 2. The molecule has 0 aliphatic heterocycles. The first-order valence-corrected chi connectivity index (χ1v) is 9.57. The third kappa shape index (κ3) is 6.16. The van der Waals surface area contributed by atoms with Crippen molar-refractivity contribution in [1.82, 2.24) is 0 Å². The van der Waals surface area contributed by atoms with Crippen LogP contribution in [0, 0.1) is 6.92 Å². The fraction of sp³-hybridized carbons (Fsp3) is 0.174. The van der Waals surface area contributed by atoms with Crippen LogP contribution >= 0.6 is 11.6 Å². The summed E-state index contributed by atoms with van der Waals surface area (Å²) in [5, 5.41) is 6.74. The highest BCUT2D eigenvalue weighted by Crippen LogP contribution is 2.28. The van der Waals surface area contributed by atoms with E-state index in [1.165, 1.54) is 5.56 Å².